The Morgan fingerprint density at radius 3 is 2.38 bits per heavy atom. The number of aldehydes is 1. The van der Waals surface area contributed by atoms with Crippen LogP contribution in [0.4, 0.5) is 0 Å². The molecule has 0 saturated carbocycles. The minimum absolute atomic E-state index is 0.614. The standard InChI is InChI=1S/C13H9IO2/c14-11-4-2-6-13(8-11)16-12-5-1-3-10(7-12)9-15/h1-9H. The number of rotatable bonds is 3. The zero-order valence-electron chi connectivity index (χ0n) is 8.39. The zero-order valence-corrected chi connectivity index (χ0v) is 10.5. The van der Waals surface area contributed by atoms with Gasteiger partial charge in [-0.25, -0.2) is 0 Å². The molecule has 0 N–H and O–H groups in total. The third-order valence-electron chi connectivity index (χ3n) is 2.03. The summed E-state index contributed by atoms with van der Waals surface area (Å²) < 4.78 is 6.75. The van der Waals surface area contributed by atoms with Crippen molar-refractivity contribution in [2.45, 2.75) is 0 Å². The molecule has 0 aliphatic rings. The minimum Gasteiger partial charge on any atom is -0.457 e. The summed E-state index contributed by atoms with van der Waals surface area (Å²) in [4.78, 5) is 10.6. The van der Waals surface area contributed by atoms with Crippen molar-refractivity contribution in [2.24, 2.45) is 0 Å². The molecule has 0 fully saturated rings. The molecule has 0 aromatic heterocycles. The maximum atomic E-state index is 10.6. The van der Waals surface area contributed by atoms with Gasteiger partial charge < -0.3 is 4.74 Å². The molecule has 0 heterocycles. The highest BCUT2D eigenvalue weighted by atomic mass is 127. The number of hydrogen-bond acceptors (Lipinski definition) is 2. The van der Waals surface area contributed by atoms with Crippen molar-refractivity contribution in [3.63, 3.8) is 0 Å². The summed E-state index contributed by atoms with van der Waals surface area (Å²) in [5, 5.41) is 0. The van der Waals surface area contributed by atoms with Crippen LogP contribution in [0.5, 0.6) is 11.5 Å². The number of carbonyl (C=O) groups excluding carboxylic acids is 1. The molecule has 0 amide bonds. The Kier molecular flexibility index (Phi) is 3.56. The van der Waals surface area contributed by atoms with E-state index < -0.39 is 0 Å². The van der Waals surface area contributed by atoms with Gasteiger partial charge in [0.1, 0.15) is 17.8 Å². The van der Waals surface area contributed by atoms with Gasteiger partial charge in [0.25, 0.3) is 0 Å². The third-order valence-corrected chi connectivity index (χ3v) is 2.70. The van der Waals surface area contributed by atoms with Gasteiger partial charge in [-0.05, 0) is 52.9 Å². The Labute approximate surface area is 107 Å². The monoisotopic (exact) mass is 324 g/mol. The van der Waals surface area contributed by atoms with E-state index in [2.05, 4.69) is 22.6 Å². The van der Waals surface area contributed by atoms with E-state index in [-0.39, 0.29) is 0 Å². The zero-order chi connectivity index (χ0) is 11.4. The van der Waals surface area contributed by atoms with Crippen LogP contribution in [0.2, 0.25) is 0 Å². The summed E-state index contributed by atoms with van der Waals surface area (Å²) in [6, 6.07) is 14.8. The largest absolute Gasteiger partial charge is 0.457 e. The van der Waals surface area contributed by atoms with Gasteiger partial charge in [0.05, 0.1) is 0 Å². The molecule has 0 bridgehead atoms. The maximum Gasteiger partial charge on any atom is 0.150 e. The first-order chi connectivity index (χ1) is 7.78. The fourth-order valence-corrected chi connectivity index (χ4v) is 1.83. The van der Waals surface area contributed by atoms with Crippen molar-refractivity contribution >= 4 is 28.9 Å². The molecule has 2 aromatic carbocycles. The fourth-order valence-electron chi connectivity index (χ4n) is 1.32. The molecule has 3 heteroatoms. The van der Waals surface area contributed by atoms with Crippen LogP contribution in [0.1, 0.15) is 10.4 Å². The van der Waals surface area contributed by atoms with E-state index in [4.69, 9.17) is 4.74 Å². The normalized spacial score (nSPS) is 9.81. The summed E-state index contributed by atoms with van der Waals surface area (Å²) >= 11 is 2.23. The van der Waals surface area contributed by atoms with Crippen molar-refractivity contribution in [2.75, 3.05) is 0 Å². The SMILES string of the molecule is O=Cc1cccc(Oc2cccc(I)c2)c1. The quantitative estimate of drug-likeness (QED) is 0.632. The van der Waals surface area contributed by atoms with Crippen LogP contribution in [-0.2, 0) is 0 Å². The molecule has 0 aliphatic carbocycles. The summed E-state index contributed by atoms with van der Waals surface area (Å²) in [7, 11) is 0. The lowest BCUT2D eigenvalue weighted by atomic mass is 10.2. The van der Waals surface area contributed by atoms with Crippen LogP contribution in [0, 0.1) is 3.57 Å². The molecular weight excluding hydrogens is 315 g/mol. The Balaban J connectivity index is 2.23. The first kappa shape index (κ1) is 11.1. The molecule has 2 rings (SSSR count). The summed E-state index contributed by atoms with van der Waals surface area (Å²) in [6.45, 7) is 0. The Morgan fingerprint density at radius 2 is 1.69 bits per heavy atom. The predicted octanol–water partition coefficient (Wildman–Crippen LogP) is 3.90. The van der Waals surface area contributed by atoms with Gasteiger partial charge in [-0.3, -0.25) is 4.79 Å². The molecule has 0 saturated heterocycles. The second kappa shape index (κ2) is 5.12. The Morgan fingerprint density at radius 1 is 1.00 bits per heavy atom. The molecule has 16 heavy (non-hydrogen) atoms. The molecule has 0 aliphatic heterocycles. The van der Waals surface area contributed by atoms with Crippen LogP contribution in [0.25, 0.3) is 0 Å². The Hall–Kier alpha value is -1.36. The molecule has 0 atom stereocenters. The van der Waals surface area contributed by atoms with Gasteiger partial charge in [-0.15, -0.1) is 0 Å². The highest BCUT2D eigenvalue weighted by Crippen LogP contribution is 2.23. The van der Waals surface area contributed by atoms with Gasteiger partial charge in [0.2, 0.25) is 0 Å². The van der Waals surface area contributed by atoms with Crippen molar-refractivity contribution in [3.8, 4) is 11.5 Å². The summed E-state index contributed by atoms with van der Waals surface area (Å²) in [5.74, 6) is 1.45. The lowest BCUT2D eigenvalue weighted by Gasteiger charge is -2.05. The molecule has 0 radical (unpaired) electrons. The van der Waals surface area contributed by atoms with E-state index in [1.165, 1.54) is 0 Å². The average molecular weight is 324 g/mol. The van der Waals surface area contributed by atoms with E-state index in [0.29, 0.717) is 11.3 Å². The maximum absolute atomic E-state index is 10.6. The summed E-state index contributed by atoms with van der Waals surface area (Å²) in [6.07, 6.45) is 0.807. The highest BCUT2D eigenvalue weighted by molar-refractivity contribution is 14.1. The van der Waals surface area contributed by atoms with E-state index >= 15 is 0 Å². The second-order valence-electron chi connectivity index (χ2n) is 3.25. The number of hydrogen-bond donors (Lipinski definition) is 0. The molecular formula is C13H9IO2. The fraction of sp³-hybridized carbons (Fsp3) is 0. The number of halogens is 1. The lowest BCUT2D eigenvalue weighted by Crippen LogP contribution is -1.86. The number of benzene rings is 2. The molecule has 2 nitrogen and oxygen atoms in total. The van der Waals surface area contributed by atoms with Crippen molar-refractivity contribution in [1.82, 2.24) is 0 Å². The van der Waals surface area contributed by atoms with E-state index in [0.717, 1.165) is 15.6 Å². The van der Waals surface area contributed by atoms with E-state index in [1.807, 2.05) is 30.3 Å². The van der Waals surface area contributed by atoms with Gasteiger partial charge in [-0.2, -0.15) is 0 Å². The number of carbonyl (C=O) groups is 1. The van der Waals surface area contributed by atoms with Gasteiger partial charge >= 0.3 is 0 Å². The smallest absolute Gasteiger partial charge is 0.150 e. The Bertz CT molecular complexity index is 509. The topological polar surface area (TPSA) is 26.3 Å². The van der Waals surface area contributed by atoms with Crippen LogP contribution in [-0.4, -0.2) is 6.29 Å². The van der Waals surface area contributed by atoms with Gasteiger partial charge in [0.15, 0.2) is 0 Å². The first-order valence-electron chi connectivity index (χ1n) is 4.76. The summed E-state index contributed by atoms with van der Waals surface area (Å²) in [5.41, 5.74) is 0.614. The van der Waals surface area contributed by atoms with Crippen LogP contribution in [0.3, 0.4) is 0 Å². The van der Waals surface area contributed by atoms with Crippen molar-refractivity contribution in [1.29, 1.82) is 0 Å². The van der Waals surface area contributed by atoms with Crippen LogP contribution in [0.15, 0.2) is 48.5 Å². The predicted molar refractivity (Wildman–Crippen MR) is 71.1 cm³/mol. The molecule has 80 valence electrons. The molecule has 0 unspecified atom stereocenters. The molecule has 0 spiro atoms. The lowest BCUT2D eigenvalue weighted by molar-refractivity contribution is 0.112. The first-order valence-corrected chi connectivity index (χ1v) is 5.84. The van der Waals surface area contributed by atoms with Crippen molar-refractivity contribution < 1.29 is 9.53 Å². The van der Waals surface area contributed by atoms with Crippen LogP contribution < -0.4 is 4.74 Å². The second-order valence-corrected chi connectivity index (χ2v) is 4.50. The highest BCUT2D eigenvalue weighted by Gasteiger charge is 1.98. The average Bonchev–Trinajstić information content (AvgIpc) is 2.29. The van der Waals surface area contributed by atoms with E-state index in [1.54, 1.807) is 18.2 Å². The van der Waals surface area contributed by atoms with Gasteiger partial charge in [-0.1, -0.05) is 18.2 Å². The van der Waals surface area contributed by atoms with Crippen LogP contribution >= 0.6 is 22.6 Å². The van der Waals surface area contributed by atoms with Gasteiger partial charge in [0, 0.05) is 9.13 Å². The van der Waals surface area contributed by atoms with Crippen molar-refractivity contribution in [3.05, 3.63) is 57.7 Å². The third kappa shape index (κ3) is 2.82. The number of ether oxygens (including phenoxy) is 1. The minimum atomic E-state index is 0.614. The van der Waals surface area contributed by atoms with E-state index in [9.17, 15) is 4.79 Å². The molecule has 2 aromatic rings.